The number of para-hydroxylation sites is 2. The number of ether oxygens (including phenoxy) is 2. The van der Waals surface area contributed by atoms with Crippen LogP contribution in [0.3, 0.4) is 0 Å². The highest BCUT2D eigenvalue weighted by Crippen LogP contribution is 2.32. The van der Waals surface area contributed by atoms with Crippen LogP contribution in [-0.2, 0) is 27.8 Å². The molecule has 1 amide bonds. The van der Waals surface area contributed by atoms with Crippen molar-refractivity contribution in [1.29, 1.82) is 0 Å². The quantitative estimate of drug-likeness (QED) is 0.840. The molecule has 1 N–H and O–H groups in total. The Hall–Kier alpha value is -2.17. The third-order valence-corrected chi connectivity index (χ3v) is 6.44. The summed E-state index contributed by atoms with van der Waals surface area (Å²) in [6, 6.07) is 7.18. The summed E-state index contributed by atoms with van der Waals surface area (Å²) in [5.41, 5.74) is 0.830. The van der Waals surface area contributed by atoms with E-state index in [0.717, 1.165) is 10.6 Å². The molecule has 1 aromatic heterocycles. The fourth-order valence-corrected chi connectivity index (χ4v) is 4.74. The number of carbonyl (C=O) groups excluding carboxylic acids is 1. The number of fused-ring (bicyclic) bond motifs is 2. The highest BCUT2D eigenvalue weighted by Gasteiger charge is 2.30. The molecule has 0 spiro atoms. The molecule has 4 rings (SSSR count). The lowest BCUT2D eigenvalue weighted by Crippen LogP contribution is -2.40. The summed E-state index contributed by atoms with van der Waals surface area (Å²) in [5, 5.41) is 3.19. The van der Waals surface area contributed by atoms with Gasteiger partial charge >= 0.3 is 0 Å². The fraction of sp³-hybridized carbons (Fsp3) is 0.375. The minimum Gasteiger partial charge on any atom is -0.485 e. The van der Waals surface area contributed by atoms with Gasteiger partial charge < -0.3 is 9.47 Å². The summed E-state index contributed by atoms with van der Waals surface area (Å²) in [7, 11) is -3.24. The van der Waals surface area contributed by atoms with Crippen molar-refractivity contribution in [1.82, 2.24) is 9.29 Å². The molecule has 0 aliphatic carbocycles. The van der Waals surface area contributed by atoms with E-state index in [1.165, 1.54) is 21.9 Å². The van der Waals surface area contributed by atoms with Crippen LogP contribution < -0.4 is 14.8 Å². The maximum absolute atomic E-state index is 12.5. The zero-order chi connectivity index (χ0) is 18.3. The molecule has 0 radical (unpaired) electrons. The van der Waals surface area contributed by atoms with Gasteiger partial charge in [0.2, 0.25) is 16.1 Å². The Labute approximate surface area is 154 Å². The number of hydrogen-bond acceptors (Lipinski definition) is 7. The monoisotopic (exact) mass is 395 g/mol. The number of thiazole rings is 1. The van der Waals surface area contributed by atoms with E-state index in [9.17, 15) is 13.2 Å². The summed E-state index contributed by atoms with van der Waals surface area (Å²) >= 11 is 1.29. The molecule has 1 aromatic carbocycles. The van der Waals surface area contributed by atoms with Gasteiger partial charge in [0, 0.05) is 24.4 Å². The number of benzene rings is 1. The van der Waals surface area contributed by atoms with E-state index in [0.29, 0.717) is 29.6 Å². The molecule has 0 fully saturated rings. The fourth-order valence-electron chi connectivity index (χ4n) is 2.84. The van der Waals surface area contributed by atoms with E-state index in [4.69, 9.17) is 9.47 Å². The van der Waals surface area contributed by atoms with Crippen LogP contribution in [0.15, 0.2) is 24.3 Å². The van der Waals surface area contributed by atoms with Crippen molar-refractivity contribution in [3.05, 3.63) is 34.8 Å². The van der Waals surface area contributed by atoms with Gasteiger partial charge in [-0.05, 0) is 12.1 Å². The lowest BCUT2D eigenvalue weighted by atomic mass is 10.2. The minimum atomic E-state index is -3.24. The average Bonchev–Trinajstić information content (AvgIpc) is 3.01. The predicted molar refractivity (Wildman–Crippen MR) is 96.1 cm³/mol. The third kappa shape index (κ3) is 3.39. The molecule has 3 heterocycles. The number of nitrogens with zero attached hydrogens (tertiary/aromatic N) is 2. The van der Waals surface area contributed by atoms with Gasteiger partial charge in [0.1, 0.15) is 6.61 Å². The summed E-state index contributed by atoms with van der Waals surface area (Å²) in [6.45, 7) is 0.813. The lowest BCUT2D eigenvalue weighted by Gasteiger charge is -2.25. The van der Waals surface area contributed by atoms with Crippen LogP contribution in [0.2, 0.25) is 0 Å². The Bertz CT molecular complexity index is 957. The Morgan fingerprint density at radius 2 is 2.12 bits per heavy atom. The zero-order valence-corrected chi connectivity index (χ0v) is 15.6. The molecule has 2 aliphatic rings. The van der Waals surface area contributed by atoms with Crippen LogP contribution in [0.1, 0.15) is 10.6 Å². The van der Waals surface area contributed by atoms with Crippen LogP contribution >= 0.6 is 11.3 Å². The van der Waals surface area contributed by atoms with Crippen molar-refractivity contribution in [2.24, 2.45) is 0 Å². The Morgan fingerprint density at radius 3 is 2.88 bits per heavy atom. The first-order valence-corrected chi connectivity index (χ1v) is 10.7. The molecule has 0 unspecified atom stereocenters. The van der Waals surface area contributed by atoms with E-state index in [1.807, 2.05) is 12.1 Å². The molecule has 8 nitrogen and oxygen atoms in total. The smallest absolute Gasteiger partial charge is 0.270 e. The van der Waals surface area contributed by atoms with Gasteiger partial charge in [0.15, 0.2) is 16.6 Å². The Balaban J connectivity index is 1.44. The van der Waals surface area contributed by atoms with E-state index in [1.54, 1.807) is 12.1 Å². The first-order chi connectivity index (χ1) is 12.4. The summed E-state index contributed by atoms with van der Waals surface area (Å²) < 4.78 is 36.0. The number of nitrogens with one attached hydrogen (secondary N) is 1. The van der Waals surface area contributed by atoms with Crippen LogP contribution in [0, 0.1) is 0 Å². The number of rotatable bonds is 3. The van der Waals surface area contributed by atoms with Crippen molar-refractivity contribution in [3.8, 4) is 11.5 Å². The Morgan fingerprint density at radius 1 is 1.35 bits per heavy atom. The summed E-state index contributed by atoms with van der Waals surface area (Å²) in [5.74, 6) is 0.800. The highest BCUT2D eigenvalue weighted by atomic mass is 32.2. The van der Waals surface area contributed by atoms with Gasteiger partial charge in [-0.1, -0.05) is 12.1 Å². The molecule has 26 heavy (non-hydrogen) atoms. The predicted octanol–water partition coefficient (Wildman–Crippen LogP) is 1.24. The largest absolute Gasteiger partial charge is 0.485 e. The van der Waals surface area contributed by atoms with Gasteiger partial charge in [-0.25, -0.2) is 13.4 Å². The van der Waals surface area contributed by atoms with Crippen LogP contribution in [-0.4, -0.2) is 49.1 Å². The van der Waals surface area contributed by atoms with Gasteiger partial charge in [-0.3, -0.25) is 10.1 Å². The molecule has 10 heteroatoms. The van der Waals surface area contributed by atoms with Crippen LogP contribution in [0.5, 0.6) is 11.5 Å². The van der Waals surface area contributed by atoms with Crippen molar-refractivity contribution in [2.75, 3.05) is 24.7 Å². The third-order valence-electron chi connectivity index (χ3n) is 4.20. The molecule has 1 atom stereocenters. The van der Waals surface area contributed by atoms with Gasteiger partial charge in [0.05, 0.1) is 11.9 Å². The number of carbonyl (C=O) groups is 1. The van der Waals surface area contributed by atoms with Crippen LogP contribution in [0.25, 0.3) is 0 Å². The van der Waals surface area contributed by atoms with E-state index < -0.39 is 16.1 Å². The topological polar surface area (TPSA) is 97.8 Å². The van der Waals surface area contributed by atoms with E-state index in [2.05, 4.69) is 10.3 Å². The van der Waals surface area contributed by atoms with Crippen molar-refractivity contribution >= 4 is 32.4 Å². The number of sulfonamides is 1. The normalized spacial score (nSPS) is 19.7. The van der Waals surface area contributed by atoms with Gasteiger partial charge in [-0.2, -0.15) is 4.31 Å². The zero-order valence-electron chi connectivity index (χ0n) is 14.0. The summed E-state index contributed by atoms with van der Waals surface area (Å²) in [6.07, 6.45) is 0.962. The standard InChI is InChI=1S/C16H17N3O5S2/c1-26(21,22)19-7-6-10-14(8-19)25-16(17-10)18-15(20)13-9-23-11-4-2-3-5-12(11)24-13/h2-5,13H,6-9H2,1H3,(H,17,18,20)/t13-/m0/s1. The second-order valence-electron chi connectivity index (χ2n) is 6.09. The first-order valence-electron chi connectivity index (χ1n) is 8.03. The maximum Gasteiger partial charge on any atom is 0.270 e. The number of hydrogen-bond donors (Lipinski definition) is 1. The molecule has 2 aliphatic heterocycles. The van der Waals surface area contributed by atoms with Gasteiger partial charge in [-0.15, -0.1) is 11.3 Å². The van der Waals surface area contributed by atoms with E-state index in [-0.39, 0.29) is 19.1 Å². The number of anilines is 1. The second kappa shape index (κ2) is 6.53. The number of amides is 1. The molecule has 138 valence electrons. The van der Waals surface area contributed by atoms with Crippen molar-refractivity contribution in [3.63, 3.8) is 0 Å². The molecule has 2 aromatic rings. The molecular formula is C16H17N3O5S2. The minimum absolute atomic E-state index is 0.121. The SMILES string of the molecule is CS(=O)(=O)N1CCc2nc(NC(=O)[C@@H]3COc4ccccc4O3)sc2C1. The van der Waals surface area contributed by atoms with Gasteiger partial charge in [0.25, 0.3) is 5.91 Å². The molecule has 0 saturated heterocycles. The summed E-state index contributed by atoms with van der Waals surface area (Å²) in [4.78, 5) is 17.7. The molecule has 0 bridgehead atoms. The second-order valence-corrected chi connectivity index (χ2v) is 9.15. The van der Waals surface area contributed by atoms with Crippen molar-refractivity contribution < 1.29 is 22.7 Å². The first kappa shape index (κ1) is 17.3. The number of aromatic nitrogens is 1. The van der Waals surface area contributed by atoms with Crippen molar-refractivity contribution in [2.45, 2.75) is 19.1 Å². The lowest BCUT2D eigenvalue weighted by molar-refractivity contribution is -0.125. The average molecular weight is 395 g/mol. The molecule has 0 saturated carbocycles. The van der Waals surface area contributed by atoms with Crippen LogP contribution in [0.4, 0.5) is 5.13 Å². The van der Waals surface area contributed by atoms with E-state index >= 15 is 0 Å². The highest BCUT2D eigenvalue weighted by molar-refractivity contribution is 7.88. The molecular weight excluding hydrogens is 378 g/mol. The maximum atomic E-state index is 12.5. The Kier molecular flexibility index (Phi) is 4.33.